The number of hydrogen-bond donors (Lipinski definition) is 1. The zero-order chi connectivity index (χ0) is 15.1. The first-order chi connectivity index (χ1) is 10.2. The maximum atomic E-state index is 6.28. The minimum Gasteiger partial charge on any atom is -0.313 e. The highest BCUT2D eigenvalue weighted by atomic mass is 35.5. The summed E-state index contributed by atoms with van der Waals surface area (Å²) in [4.78, 5) is 1.36. The third-order valence-electron chi connectivity index (χ3n) is 3.45. The summed E-state index contributed by atoms with van der Waals surface area (Å²) in [6.45, 7) is 5.29. The van der Waals surface area contributed by atoms with Gasteiger partial charge in [-0.05, 0) is 43.1 Å². The third-order valence-corrected chi connectivity index (χ3v) is 5.16. The van der Waals surface area contributed by atoms with Crippen LogP contribution >= 0.6 is 23.4 Å². The van der Waals surface area contributed by atoms with Crippen LogP contribution in [-0.4, -0.2) is 18.3 Å². The number of hydrogen-bond acceptors (Lipinski definition) is 2. The van der Waals surface area contributed by atoms with Crippen LogP contribution in [0.5, 0.6) is 0 Å². The Morgan fingerprint density at radius 1 is 1.10 bits per heavy atom. The zero-order valence-corrected chi connectivity index (χ0v) is 14.2. The van der Waals surface area contributed by atoms with Gasteiger partial charge in [-0.25, -0.2) is 0 Å². The van der Waals surface area contributed by atoms with Crippen molar-refractivity contribution in [3.05, 3.63) is 64.7 Å². The molecule has 1 nitrogen and oxygen atoms in total. The molecule has 0 aliphatic rings. The second-order valence-electron chi connectivity index (χ2n) is 5.13. The molecule has 0 saturated carbocycles. The van der Waals surface area contributed by atoms with Crippen LogP contribution in [0.25, 0.3) is 0 Å². The van der Waals surface area contributed by atoms with Crippen LogP contribution in [0.1, 0.15) is 18.1 Å². The standard InChI is InChI=1S/C18H22ClNS/c1-3-20-16(12-15-9-5-6-10-17(15)19)13-21-18-11-7-4-8-14(18)2/h4-11,16,20H,3,12-13H2,1-2H3. The highest BCUT2D eigenvalue weighted by Crippen LogP contribution is 2.24. The van der Waals surface area contributed by atoms with Gasteiger partial charge in [0.05, 0.1) is 0 Å². The van der Waals surface area contributed by atoms with Crippen LogP contribution in [0.4, 0.5) is 0 Å². The predicted molar refractivity (Wildman–Crippen MR) is 94.5 cm³/mol. The molecular weight excluding hydrogens is 298 g/mol. The molecule has 2 aromatic carbocycles. The van der Waals surface area contributed by atoms with E-state index in [0.29, 0.717) is 6.04 Å². The van der Waals surface area contributed by atoms with Crippen LogP contribution in [0.15, 0.2) is 53.4 Å². The lowest BCUT2D eigenvalue weighted by atomic mass is 10.1. The maximum Gasteiger partial charge on any atom is 0.0438 e. The summed E-state index contributed by atoms with van der Waals surface area (Å²) in [5.41, 5.74) is 2.56. The summed E-state index contributed by atoms with van der Waals surface area (Å²) >= 11 is 8.19. The average Bonchev–Trinajstić information content (AvgIpc) is 2.48. The summed E-state index contributed by atoms with van der Waals surface area (Å²) in [6, 6.07) is 17.1. The van der Waals surface area contributed by atoms with E-state index in [4.69, 9.17) is 11.6 Å². The summed E-state index contributed by atoms with van der Waals surface area (Å²) in [6.07, 6.45) is 0.965. The molecule has 112 valence electrons. The van der Waals surface area contributed by atoms with E-state index in [1.54, 1.807) is 0 Å². The van der Waals surface area contributed by atoms with Gasteiger partial charge in [0.2, 0.25) is 0 Å². The minimum atomic E-state index is 0.430. The smallest absolute Gasteiger partial charge is 0.0438 e. The van der Waals surface area contributed by atoms with Crippen LogP contribution in [0.2, 0.25) is 5.02 Å². The minimum absolute atomic E-state index is 0.430. The lowest BCUT2D eigenvalue weighted by Gasteiger charge is -2.19. The van der Waals surface area contributed by atoms with E-state index in [9.17, 15) is 0 Å². The van der Waals surface area contributed by atoms with Crippen molar-refractivity contribution < 1.29 is 0 Å². The Bertz CT molecular complexity index is 571. The van der Waals surface area contributed by atoms with Gasteiger partial charge >= 0.3 is 0 Å². The summed E-state index contributed by atoms with van der Waals surface area (Å²) in [5, 5.41) is 4.43. The summed E-state index contributed by atoms with van der Waals surface area (Å²) in [5.74, 6) is 1.05. The summed E-state index contributed by atoms with van der Waals surface area (Å²) in [7, 11) is 0. The van der Waals surface area contributed by atoms with E-state index >= 15 is 0 Å². The highest BCUT2D eigenvalue weighted by molar-refractivity contribution is 7.99. The lowest BCUT2D eigenvalue weighted by Crippen LogP contribution is -2.33. The van der Waals surface area contributed by atoms with Crippen molar-refractivity contribution in [2.24, 2.45) is 0 Å². The van der Waals surface area contributed by atoms with Crippen LogP contribution in [0.3, 0.4) is 0 Å². The van der Waals surface area contributed by atoms with E-state index in [1.807, 2.05) is 23.9 Å². The van der Waals surface area contributed by atoms with Crippen molar-refractivity contribution >= 4 is 23.4 Å². The number of nitrogens with one attached hydrogen (secondary N) is 1. The van der Waals surface area contributed by atoms with Gasteiger partial charge in [0.15, 0.2) is 0 Å². The molecule has 0 spiro atoms. The Morgan fingerprint density at radius 2 is 1.81 bits per heavy atom. The Hall–Kier alpha value is -0.960. The summed E-state index contributed by atoms with van der Waals surface area (Å²) < 4.78 is 0. The molecule has 0 radical (unpaired) electrons. The number of aryl methyl sites for hydroxylation is 1. The van der Waals surface area contributed by atoms with Gasteiger partial charge in [-0.15, -0.1) is 11.8 Å². The Morgan fingerprint density at radius 3 is 2.52 bits per heavy atom. The molecule has 0 fully saturated rings. The molecule has 1 N–H and O–H groups in total. The van der Waals surface area contributed by atoms with E-state index in [-0.39, 0.29) is 0 Å². The lowest BCUT2D eigenvalue weighted by molar-refractivity contribution is 0.572. The van der Waals surface area contributed by atoms with E-state index in [1.165, 1.54) is 16.0 Å². The van der Waals surface area contributed by atoms with Gasteiger partial charge in [-0.2, -0.15) is 0 Å². The fourth-order valence-electron chi connectivity index (χ4n) is 2.32. The molecule has 1 atom stereocenters. The van der Waals surface area contributed by atoms with Crippen molar-refractivity contribution in [2.75, 3.05) is 12.3 Å². The number of rotatable bonds is 7. The molecule has 0 amide bonds. The van der Waals surface area contributed by atoms with Crippen molar-refractivity contribution in [3.63, 3.8) is 0 Å². The fourth-order valence-corrected chi connectivity index (χ4v) is 3.62. The van der Waals surface area contributed by atoms with E-state index < -0.39 is 0 Å². The van der Waals surface area contributed by atoms with Gasteiger partial charge < -0.3 is 5.32 Å². The fraction of sp³-hybridized carbons (Fsp3) is 0.333. The van der Waals surface area contributed by atoms with Crippen molar-refractivity contribution in [3.8, 4) is 0 Å². The van der Waals surface area contributed by atoms with E-state index in [0.717, 1.165) is 23.7 Å². The van der Waals surface area contributed by atoms with Gasteiger partial charge in [-0.1, -0.05) is 54.9 Å². The van der Waals surface area contributed by atoms with Gasteiger partial charge in [-0.3, -0.25) is 0 Å². The largest absolute Gasteiger partial charge is 0.313 e. The van der Waals surface area contributed by atoms with Crippen molar-refractivity contribution in [2.45, 2.75) is 31.2 Å². The normalized spacial score (nSPS) is 12.3. The molecule has 0 aromatic heterocycles. The van der Waals surface area contributed by atoms with Crippen molar-refractivity contribution in [1.29, 1.82) is 0 Å². The highest BCUT2D eigenvalue weighted by Gasteiger charge is 2.11. The molecule has 0 aliphatic carbocycles. The zero-order valence-electron chi connectivity index (χ0n) is 12.6. The number of thioether (sulfide) groups is 1. The quantitative estimate of drug-likeness (QED) is 0.724. The first kappa shape index (κ1) is 16.4. The molecule has 2 aromatic rings. The molecule has 0 bridgehead atoms. The topological polar surface area (TPSA) is 12.0 Å². The maximum absolute atomic E-state index is 6.28. The Balaban J connectivity index is 1.99. The van der Waals surface area contributed by atoms with Crippen molar-refractivity contribution in [1.82, 2.24) is 5.32 Å². The van der Waals surface area contributed by atoms with Crippen LogP contribution < -0.4 is 5.32 Å². The molecular formula is C18H22ClNS. The third kappa shape index (κ3) is 5.06. The number of likely N-dealkylation sites (N-methyl/N-ethyl adjacent to an activating group) is 1. The van der Waals surface area contributed by atoms with Gasteiger partial charge in [0, 0.05) is 21.7 Å². The molecule has 0 saturated heterocycles. The first-order valence-corrected chi connectivity index (χ1v) is 8.72. The Labute approximate surface area is 137 Å². The second-order valence-corrected chi connectivity index (χ2v) is 6.60. The monoisotopic (exact) mass is 319 g/mol. The predicted octanol–water partition coefficient (Wildman–Crippen LogP) is 4.96. The second kappa shape index (κ2) is 8.47. The average molecular weight is 320 g/mol. The molecule has 3 heteroatoms. The van der Waals surface area contributed by atoms with E-state index in [2.05, 4.69) is 55.6 Å². The molecule has 2 rings (SSSR count). The molecule has 0 aliphatic heterocycles. The van der Waals surface area contributed by atoms with Gasteiger partial charge in [0.1, 0.15) is 0 Å². The number of halogens is 1. The SMILES string of the molecule is CCNC(CSc1ccccc1C)Cc1ccccc1Cl. The van der Waals surface area contributed by atoms with Crippen LogP contribution in [0, 0.1) is 6.92 Å². The molecule has 0 heterocycles. The van der Waals surface area contributed by atoms with Gasteiger partial charge in [0.25, 0.3) is 0 Å². The Kier molecular flexibility index (Phi) is 6.62. The van der Waals surface area contributed by atoms with Crippen LogP contribution in [-0.2, 0) is 6.42 Å². The molecule has 1 unspecified atom stereocenters. The molecule has 21 heavy (non-hydrogen) atoms. The first-order valence-electron chi connectivity index (χ1n) is 7.36. The number of benzene rings is 2.